The van der Waals surface area contributed by atoms with Crippen LogP contribution in [0, 0.1) is 6.92 Å². The summed E-state index contributed by atoms with van der Waals surface area (Å²) >= 11 is 0.794. The summed E-state index contributed by atoms with van der Waals surface area (Å²) in [5, 5.41) is 2.62. The molecule has 5 nitrogen and oxygen atoms in total. The van der Waals surface area contributed by atoms with Crippen LogP contribution in [0.4, 0.5) is 4.79 Å². The maximum absolute atomic E-state index is 12.0. The van der Waals surface area contributed by atoms with E-state index in [2.05, 4.69) is 10.3 Å². The summed E-state index contributed by atoms with van der Waals surface area (Å²) in [6, 6.07) is 7.41. The van der Waals surface area contributed by atoms with Crippen molar-refractivity contribution in [3.63, 3.8) is 0 Å². The van der Waals surface area contributed by atoms with Crippen LogP contribution >= 0.6 is 11.8 Å². The van der Waals surface area contributed by atoms with Gasteiger partial charge in [-0.05, 0) is 48.3 Å². The van der Waals surface area contributed by atoms with E-state index in [-0.39, 0.29) is 10.5 Å². The van der Waals surface area contributed by atoms with Gasteiger partial charge in [0.2, 0.25) is 0 Å². The molecule has 100 valence electrons. The molecule has 0 spiro atoms. The van der Waals surface area contributed by atoms with Crippen molar-refractivity contribution >= 4 is 39.9 Å². The first kappa shape index (κ1) is 12.7. The first-order valence-electron chi connectivity index (χ1n) is 5.91. The maximum atomic E-state index is 12.0. The SMILES string of the molecule is Cc1ccc2[nH]c(=O)c(/C=C3\SC(=O)NC3=O)cc2c1. The third-order valence-corrected chi connectivity index (χ3v) is 3.77. The molecule has 1 aromatic carbocycles. The fourth-order valence-electron chi connectivity index (χ4n) is 2.01. The maximum Gasteiger partial charge on any atom is 0.290 e. The van der Waals surface area contributed by atoms with Crippen molar-refractivity contribution < 1.29 is 9.59 Å². The largest absolute Gasteiger partial charge is 0.321 e. The minimum Gasteiger partial charge on any atom is -0.321 e. The van der Waals surface area contributed by atoms with E-state index in [1.165, 1.54) is 6.08 Å². The van der Waals surface area contributed by atoms with E-state index in [0.717, 1.165) is 28.2 Å². The number of imide groups is 1. The highest BCUT2D eigenvalue weighted by Gasteiger charge is 2.25. The number of H-pyrrole nitrogens is 1. The van der Waals surface area contributed by atoms with Gasteiger partial charge in [-0.2, -0.15) is 0 Å². The number of rotatable bonds is 1. The topological polar surface area (TPSA) is 79.0 Å². The lowest BCUT2D eigenvalue weighted by Crippen LogP contribution is -2.18. The van der Waals surface area contributed by atoms with Gasteiger partial charge >= 0.3 is 0 Å². The lowest BCUT2D eigenvalue weighted by Gasteiger charge is -2.01. The van der Waals surface area contributed by atoms with Crippen molar-refractivity contribution in [2.24, 2.45) is 0 Å². The molecule has 0 atom stereocenters. The summed E-state index contributed by atoms with van der Waals surface area (Å²) in [5.41, 5.74) is 1.88. The number of fused-ring (bicyclic) bond motifs is 1. The Morgan fingerprint density at radius 3 is 2.65 bits per heavy atom. The Labute approximate surface area is 118 Å². The molecular weight excluding hydrogens is 276 g/mol. The summed E-state index contributed by atoms with van der Waals surface area (Å²) < 4.78 is 0. The van der Waals surface area contributed by atoms with Crippen LogP contribution < -0.4 is 10.9 Å². The summed E-state index contributed by atoms with van der Waals surface area (Å²) in [5.74, 6) is -0.469. The van der Waals surface area contributed by atoms with Gasteiger partial charge in [0, 0.05) is 11.1 Å². The first-order valence-corrected chi connectivity index (χ1v) is 6.73. The number of carbonyl (C=O) groups is 2. The van der Waals surface area contributed by atoms with Gasteiger partial charge < -0.3 is 4.98 Å². The van der Waals surface area contributed by atoms with Crippen molar-refractivity contribution in [2.45, 2.75) is 6.92 Å². The second-order valence-corrected chi connectivity index (χ2v) is 5.51. The lowest BCUT2D eigenvalue weighted by molar-refractivity contribution is -0.115. The van der Waals surface area contributed by atoms with Crippen LogP contribution in [-0.2, 0) is 4.79 Å². The van der Waals surface area contributed by atoms with Crippen molar-refractivity contribution in [2.75, 3.05) is 0 Å². The number of pyridine rings is 1. The van der Waals surface area contributed by atoms with E-state index in [0.29, 0.717) is 5.56 Å². The molecule has 1 aliphatic heterocycles. The molecular formula is C14H10N2O3S. The average molecular weight is 286 g/mol. The minimum atomic E-state index is -0.469. The van der Waals surface area contributed by atoms with Crippen LogP contribution in [0.15, 0.2) is 34.0 Å². The zero-order chi connectivity index (χ0) is 14.3. The Morgan fingerprint density at radius 1 is 1.15 bits per heavy atom. The molecule has 1 aliphatic rings. The molecule has 0 radical (unpaired) electrons. The summed E-state index contributed by atoms with van der Waals surface area (Å²) in [7, 11) is 0. The van der Waals surface area contributed by atoms with Crippen molar-refractivity contribution in [3.8, 4) is 0 Å². The predicted octanol–water partition coefficient (Wildman–Crippen LogP) is 2.16. The van der Waals surface area contributed by atoms with E-state index < -0.39 is 11.1 Å². The zero-order valence-corrected chi connectivity index (χ0v) is 11.3. The minimum absolute atomic E-state index is 0.229. The number of thioether (sulfide) groups is 1. The molecule has 0 saturated carbocycles. The van der Waals surface area contributed by atoms with Crippen LogP contribution in [-0.4, -0.2) is 16.1 Å². The van der Waals surface area contributed by atoms with Crippen LogP contribution in [0.1, 0.15) is 11.1 Å². The highest BCUT2D eigenvalue weighted by Crippen LogP contribution is 2.25. The molecule has 0 unspecified atom stereocenters. The quantitative estimate of drug-likeness (QED) is 0.787. The molecule has 20 heavy (non-hydrogen) atoms. The molecule has 2 N–H and O–H groups in total. The summed E-state index contributed by atoms with van der Waals surface area (Å²) in [6.07, 6.45) is 1.44. The van der Waals surface area contributed by atoms with Gasteiger partial charge in [0.05, 0.1) is 4.91 Å². The molecule has 0 bridgehead atoms. The monoisotopic (exact) mass is 286 g/mol. The molecule has 3 rings (SSSR count). The number of hydrogen-bond donors (Lipinski definition) is 2. The molecule has 2 heterocycles. The number of amides is 2. The second-order valence-electron chi connectivity index (χ2n) is 4.50. The molecule has 1 aromatic heterocycles. The van der Waals surface area contributed by atoms with Crippen molar-refractivity contribution in [1.29, 1.82) is 0 Å². The Balaban J connectivity index is 2.14. The second kappa shape index (κ2) is 4.64. The van der Waals surface area contributed by atoms with Crippen LogP contribution in [0.2, 0.25) is 0 Å². The van der Waals surface area contributed by atoms with E-state index in [9.17, 15) is 14.4 Å². The molecule has 0 aliphatic carbocycles. The standard InChI is InChI=1S/C14H10N2O3S/c1-7-2-3-10-8(4-7)5-9(12(17)15-10)6-11-13(18)16-14(19)20-11/h2-6H,1H3,(H,15,17)(H,16,18,19)/b11-6-. The Hall–Kier alpha value is -2.34. The normalized spacial score (nSPS) is 16.9. The molecule has 1 fully saturated rings. The van der Waals surface area contributed by atoms with E-state index in [4.69, 9.17) is 0 Å². The van der Waals surface area contributed by atoms with Crippen LogP contribution in [0.5, 0.6) is 0 Å². The summed E-state index contributed by atoms with van der Waals surface area (Å²) in [6.45, 7) is 1.96. The van der Waals surface area contributed by atoms with Crippen molar-refractivity contribution in [3.05, 3.63) is 50.7 Å². The van der Waals surface area contributed by atoms with Gasteiger partial charge in [-0.3, -0.25) is 19.7 Å². The highest BCUT2D eigenvalue weighted by atomic mass is 32.2. The van der Waals surface area contributed by atoms with Crippen molar-refractivity contribution in [1.82, 2.24) is 10.3 Å². The average Bonchev–Trinajstić information content (AvgIpc) is 2.69. The van der Waals surface area contributed by atoms with Gasteiger partial charge in [0.1, 0.15) is 0 Å². The number of aromatic nitrogens is 1. The number of hydrogen-bond acceptors (Lipinski definition) is 4. The van der Waals surface area contributed by atoms with Gasteiger partial charge in [-0.25, -0.2) is 0 Å². The van der Waals surface area contributed by atoms with Gasteiger partial charge in [-0.1, -0.05) is 11.6 Å². The molecule has 6 heteroatoms. The first-order chi connectivity index (χ1) is 9.52. The van der Waals surface area contributed by atoms with Crippen LogP contribution in [0.3, 0.4) is 0 Å². The van der Waals surface area contributed by atoms with Gasteiger partial charge in [0.15, 0.2) is 0 Å². The Kier molecular flexibility index (Phi) is 2.94. The molecule has 1 saturated heterocycles. The third kappa shape index (κ3) is 2.25. The number of nitrogens with one attached hydrogen (secondary N) is 2. The Bertz CT molecular complexity index is 836. The van der Waals surface area contributed by atoms with E-state index in [1.807, 2.05) is 25.1 Å². The Morgan fingerprint density at radius 2 is 1.95 bits per heavy atom. The zero-order valence-electron chi connectivity index (χ0n) is 10.5. The molecule has 2 amide bonds. The lowest BCUT2D eigenvalue weighted by atomic mass is 10.1. The van der Waals surface area contributed by atoms with Crippen LogP contribution in [0.25, 0.3) is 17.0 Å². The fourth-order valence-corrected chi connectivity index (χ4v) is 2.69. The number of benzene rings is 1. The number of aryl methyl sites for hydroxylation is 1. The van der Waals surface area contributed by atoms with Gasteiger partial charge in [-0.15, -0.1) is 0 Å². The van der Waals surface area contributed by atoms with E-state index >= 15 is 0 Å². The third-order valence-electron chi connectivity index (χ3n) is 2.96. The number of aromatic amines is 1. The molecule has 2 aromatic rings. The highest BCUT2D eigenvalue weighted by molar-refractivity contribution is 8.18. The summed E-state index contributed by atoms with van der Waals surface area (Å²) in [4.78, 5) is 37.5. The van der Waals surface area contributed by atoms with Gasteiger partial charge in [0.25, 0.3) is 16.7 Å². The number of carbonyl (C=O) groups excluding carboxylic acids is 2. The smallest absolute Gasteiger partial charge is 0.290 e. The predicted molar refractivity (Wildman–Crippen MR) is 78.4 cm³/mol. The fraction of sp³-hybridized carbons (Fsp3) is 0.0714. The van der Waals surface area contributed by atoms with E-state index in [1.54, 1.807) is 6.07 Å².